The van der Waals surface area contributed by atoms with Gasteiger partial charge >= 0.3 is 0 Å². The second-order valence-electron chi connectivity index (χ2n) is 7.68. The van der Waals surface area contributed by atoms with Gasteiger partial charge in [0.25, 0.3) is 5.91 Å². The minimum absolute atomic E-state index is 0.0613. The van der Waals surface area contributed by atoms with Crippen LogP contribution in [0.4, 0.5) is 0 Å². The molecule has 0 radical (unpaired) electrons. The summed E-state index contributed by atoms with van der Waals surface area (Å²) in [5.74, 6) is 2.27. The molecule has 1 aliphatic heterocycles. The number of benzene rings is 1. The molecule has 1 saturated carbocycles. The van der Waals surface area contributed by atoms with Crippen LogP contribution in [0.1, 0.15) is 68.1 Å². The van der Waals surface area contributed by atoms with Gasteiger partial charge in [0.1, 0.15) is 5.76 Å². The lowest BCUT2D eigenvalue weighted by Crippen LogP contribution is -2.46. The molecule has 0 bridgehead atoms. The third-order valence-electron chi connectivity index (χ3n) is 5.40. The van der Waals surface area contributed by atoms with Gasteiger partial charge in [-0.05, 0) is 50.2 Å². The number of hydrogen-bond acceptors (Lipinski definition) is 3. The van der Waals surface area contributed by atoms with Crippen molar-refractivity contribution in [3.8, 4) is 11.5 Å². The number of rotatable bonds is 4. The van der Waals surface area contributed by atoms with Crippen LogP contribution in [-0.4, -0.2) is 28.4 Å². The summed E-state index contributed by atoms with van der Waals surface area (Å²) in [6, 6.07) is 10.2. The number of piperidine rings is 1. The number of nitrogens with zero attached hydrogens (tertiary/aromatic N) is 2. The zero-order valence-electron chi connectivity index (χ0n) is 15.1. The average molecular weight is 338 g/mol. The van der Waals surface area contributed by atoms with Crippen LogP contribution in [0, 0.1) is 5.92 Å². The van der Waals surface area contributed by atoms with Gasteiger partial charge in [0, 0.05) is 24.1 Å². The molecule has 2 heterocycles. The molecule has 4 nitrogen and oxygen atoms in total. The molecule has 132 valence electrons. The minimum atomic E-state index is 0.0613. The van der Waals surface area contributed by atoms with Crippen molar-refractivity contribution in [1.82, 2.24) is 9.88 Å². The Morgan fingerprint density at radius 1 is 1.16 bits per heavy atom. The van der Waals surface area contributed by atoms with Crippen LogP contribution in [0.2, 0.25) is 0 Å². The minimum Gasteiger partial charge on any atom is -0.440 e. The molecular weight excluding hydrogens is 312 g/mol. The molecule has 2 aromatic rings. The fraction of sp³-hybridized carbons (Fsp3) is 0.524. The van der Waals surface area contributed by atoms with Gasteiger partial charge in [-0.3, -0.25) is 4.79 Å². The lowest BCUT2D eigenvalue weighted by molar-refractivity contribution is 0.0535. The Hall–Kier alpha value is -2.10. The third kappa shape index (κ3) is 3.22. The fourth-order valence-corrected chi connectivity index (χ4v) is 3.85. The second kappa shape index (κ2) is 6.66. The summed E-state index contributed by atoms with van der Waals surface area (Å²) >= 11 is 0. The van der Waals surface area contributed by atoms with Crippen molar-refractivity contribution < 1.29 is 9.21 Å². The number of hydrogen-bond donors (Lipinski definition) is 0. The molecule has 0 spiro atoms. The van der Waals surface area contributed by atoms with E-state index in [0.29, 0.717) is 29.5 Å². The molecule has 1 aliphatic carbocycles. The van der Waals surface area contributed by atoms with Crippen LogP contribution in [0.5, 0.6) is 0 Å². The van der Waals surface area contributed by atoms with E-state index in [4.69, 9.17) is 4.42 Å². The summed E-state index contributed by atoms with van der Waals surface area (Å²) in [4.78, 5) is 20.0. The Labute approximate surface area is 149 Å². The van der Waals surface area contributed by atoms with Gasteiger partial charge in [0.15, 0.2) is 5.69 Å². The van der Waals surface area contributed by atoms with Crippen LogP contribution in [0.3, 0.4) is 0 Å². The van der Waals surface area contributed by atoms with Crippen molar-refractivity contribution in [2.45, 2.75) is 57.9 Å². The van der Waals surface area contributed by atoms with Crippen LogP contribution in [0.25, 0.3) is 11.5 Å². The highest BCUT2D eigenvalue weighted by atomic mass is 16.4. The lowest BCUT2D eigenvalue weighted by Gasteiger charge is -2.38. The van der Waals surface area contributed by atoms with Crippen LogP contribution >= 0.6 is 0 Å². The maximum atomic E-state index is 13.3. The Morgan fingerprint density at radius 2 is 1.92 bits per heavy atom. The van der Waals surface area contributed by atoms with E-state index < -0.39 is 0 Å². The van der Waals surface area contributed by atoms with E-state index in [1.165, 1.54) is 6.42 Å². The normalized spacial score (nSPS) is 20.9. The Balaban J connectivity index is 1.69. The number of likely N-dealkylation sites (tertiary alicyclic amines) is 1. The fourth-order valence-electron chi connectivity index (χ4n) is 3.85. The third-order valence-corrected chi connectivity index (χ3v) is 5.40. The molecule has 4 heteroatoms. The summed E-state index contributed by atoms with van der Waals surface area (Å²) in [5, 5.41) is 0. The van der Waals surface area contributed by atoms with E-state index in [2.05, 4.69) is 18.8 Å². The number of carbonyl (C=O) groups excluding carboxylic acids is 1. The first-order chi connectivity index (χ1) is 12.1. The highest BCUT2D eigenvalue weighted by Crippen LogP contribution is 2.43. The van der Waals surface area contributed by atoms with Gasteiger partial charge in [0.05, 0.1) is 0 Å². The maximum Gasteiger partial charge on any atom is 0.276 e. The highest BCUT2D eigenvalue weighted by molar-refractivity contribution is 5.94. The van der Waals surface area contributed by atoms with Crippen molar-refractivity contribution in [1.29, 1.82) is 0 Å². The molecule has 1 atom stereocenters. The first-order valence-electron chi connectivity index (χ1n) is 9.52. The zero-order valence-corrected chi connectivity index (χ0v) is 15.1. The van der Waals surface area contributed by atoms with E-state index in [1.54, 1.807) is 0 Å². The summed E-state index contributed by atoms with van der Waals surface area (Å²) in [5.41, 5.74) is 1.48. The van der Waals surface area contributed by atoms with Crippen molar-refractivity contribution in [3.05, 3.63) is 41.8 Å². The topological polar surface area (TPSA) is 46.3 Å². The predicted octanol–water partition coefficient (Wildman–Crippen LogP) is 4.87. The standard InChI is InChI=1S/C21H26N2O2/c1-14(2)17-10-6-7-13-23(17)21(24)18-19(15-11-12-15)25-20(22-18)16-8-4-3-5-9-16/h3-5,8-9,14-15,17H,6-7,10-13H2,1-2H3. The lowest BCUT2D eigenvalue weighted by atomic mass is 9.92. The van der Waals surface area contributed by atoms with E-state index in [-0.39, 0.29) is 5.91 Å². The molecule has 4 rings (SSSR count). The van der Waals surface area contributed by atoms with E-state index in [0.717, 1.165) is 43.6 Å². The highest BCUT2D eigenvalue weighted by Gasteiger charge is 2.38. The van der Waals surface area contributed by atoms with Crippen LogP contribution in [-0.2, 0) is 0 Å². The SMILES string of the molecule is CC(C)C1CCCCN1C(=O)c1nc(-c2ccccc2)oc1C1CC1. The molecule has 1 aromatic heterocycles. The Kier molecular flexibility index (Phi) is 4.36. The van der Waals surface area contributed by atoms with E-state index in [9.17, 15) is 4.79 Å². The number of oxazole rings is 1. The molecule has 0 N–H and O–H groups in total. The van der Waals surface area contributed by atoms with Crippen LogP contribution in [0.15, 0.2) is 34.7 Å². The molecule has 25 heavy (non-hydrogen) atoms. The maximum absolute atomic E-state index is 13.3. The molecular formula is C21H26N2O2. The van der Waals surface area contributed by atoms with Crippen LogP contribution < -0.4 is 0 Å². The van der Waals surface area contributed by atoms with Gasteiger partial charge in [0.2, 0.25) is 5.89 Å². The second-order valence-corrected chi connectivity index (χ2v) is 7.68. The van der Waals surface area contributed by atoms with E-state index >= 15 is 0 Å². The molecule has 2 aliphatic rings. The van der Waals surface area contributed by atoms with Crippen molar-refractivity contribution in [2.75, 3.05) is 6.54 Å². The zero-order chi connectivity index (χ0) is 17.4. The van der Waals surface area contributed by atoms with Crippen molar-refractivity contribution in [3.63, 3.8) is 0 Å². The van der Waals surface area contributed by atoms with Gasteiger partial charge in [-0.1, -0.05) is 32.0 Å². The summed E-state index contributed by atoms with van der Waals surface area (Å²) in [7, 11) is 0. The first-order valence-corrected chi connectivity index (χ1v) is 9.52. The van der Waals surface area contributed by atoms with Gasteiger partial charge in [-0.15, -0.1) is 0 Å². The molecule has 1 unspecified atom stereocenters. The number of amides is 1. The monoisotopic (exact) mass is 338 g/mol. The molecule has 1 aromatic carbocycles. The molecule has 1 saturated heterocycles. The van der Waals surface area contributed by atoms with Gasteiger partial charge in [-0.2, -0.15) is 0 Å². The van der Waals surface area contributed by atoms with Crippen molar-refractivity contribution >= 4 is 5.91 Å². The number of carbonyl (C=O) groups is 1. The summed E-state index contributed by atoms with van der Waals surface area (Å²) < 4.78 is 6.07. The number of aromatic nitrogens is 1. The predicted molar refractivity (Wildman–Crippen MR) is 97.4 cm³/mol. The Bertz CT molecular complexity index is 747. The summed E-state index contributed by atoms with van der Waals surface area (Å²) in [6.45, 7) is 5.24. The smallest absolute Gasteiger partial charge is 0.276 e. The largest absolute Gasteiger partial charge is 0.440 e. The van der Waals surface area contributed by atoms with Gasteiger partial charge < -0.3 is 9.32 Å². The molecule has 2 fully saturated rings. The molecule has 1 amide bonds. The van der Waals surface area contributed by atoms with Crippen molar-refractivity contribution in [2.24, 2.45) is 5.92 Å². The Morgan fingerprint density at radius 3 is 2.60 bits per heavy atom. The quantitative estimate of drug-likeness (QED) is 0.799. The van der Waals surface area contributed by atoms with Gasteiger partial charge in [-0.25, -0.2) is 4.98 Å². The summed E-state index contributed by atoms with van der Waals surface area (Å²) in [6.07, 6.45) is 5.56. The van der Waals surface area contributed by atoms with E-state index in [1.807, 2.05) is 35.2 Å². The average Bonchev–Trinajstić information content (AvgIpc) is 3.40. The first kappa shape index (κ1) is 16.4.